The van der Waals surface area contributed by atoms with Crippen molar-refractivity contribution in [2.24, 2.45) is 15.4 Å². The smallest absolute Gasteiger partial charge is 0.354 e. The third kappa shape index (κ3) is 3.27. The van der Waals surface area contributed by atoms with Crippen LogP contribution in [0, 0.1) is 5.92 Å². The van der Waals surface area contributed by atoms with Gasteiger partial charge in [0, 0.05) is 24.4 Å². The van der Waals surface area contributed by atoms with E-state index in [4.69, 9.17) is 9.88 Å². The molecular formula is C20H24FN5O3S. The second-order valence-corrected chi connectivity index (χ2v) is 10.1. The largest absolute Gasteiger partial charge is 0.477 e. The first-order valence-electron chi connectivity index (χ1n) is 10.2. The average Bonchev–Trinajstić information content (AvgIpc) is 3.37. The van der Waals surface area contributed by atoms with Crippen molar-refractivity contribution in [1.82, 2.24) is 9.78 Å². The number of aryl methyl sites for hydroxylation is 1. The number of nitrogens with zero attached hydrogens (tertiary/aromatic N) is 3. The van der Waals surface area contributed by atoms with Gasteiger partial charge in [-0.25, -0.2) is 23.2 Å². The van der Waals surface area contributed by atoms with Crippen LogP contribution in [-0.2, 0) is 42.1 Å². The van der Waals surface area contributed by atoms with Gasteiger partial charge in [0.25, 0.3) is 0 Å². The SMILES string of the molecule is C[C@@H]1COc2c(S(N)(=O)=NC(=O)Nc3c4c(cc5c3C[C@@H](F)C5)CCC4)cnn2C1. The minimum atomic E-state index is -3.55. The zero-order chi connectivity index (χ0) is 21.0. The van der Waals surface area contributed by atoms with Crippen molar-refractivity contribution in [3.63, 3.8) is 0 Å². The van der Waals surface area contributed by atoms with Crippen molar-refractivity contribution in [1.29, 1.82) is 0 Å². The Labute approximate surface area is 174 Å². The van der Waals surface area contributed by atoms with Crippen LogP contribution in [-0.4, -0.2) is 32.8 Å². The number of carbonyl (C=O) groups excluding carboxylic acids is 1. The summed E-state index contributed by atoms with van der Waals surface area (Å²) < 4.78 is 38.1. The third-order valence-corrected chi connectivity index (χ3v) is 7.33. The van der Waals surface area contributed by atoms with Gasteiger partial charge >= 0.3 is 6.03 Å². The van der Waals surface area contributed by atoms with Crippen LogP contribution in [0.25, 0.3) is 0 Å². The van der Waals surface area contributed by atoms with Crippen LogP contribution >= 0.6 is 0 Å². The van der Waals surface area contributed by atoms with E-state index in [9.17, 15) is 13.4 Å². The zero-order valence-electron chi connectivity index (χ0n) is 16.7. The number of rotatable bonds is 2. The second kappa shape index (κ2) is 7.05. The summed E-state index contributed by atoms with van der Waals surface area (Å²) in [6.07, 6.45) is 3.73. The van der Waals surface area contributed by atoms with E-state index < -0.39 is 22.1 Å². The molecule has 10 heteroatoms. The molecule has 1 aromatic carbocycles. The predicted molar refractivity (Wildman–Crippen MR) is 110 cm³/mol. The Hall–Kier alpha value is -2.46. The molecule has 2 amide bonds. The lowest BCUT2D eigenvalue weighted by atomic mass is 9.99. The van der Waals surface area contributed by atoms with E-state index in [0.717, 1.165) is 41.5 Å². The summed E-state index contributed by atoms with van der Waals surface area (Å²) in [5.74, 6) is 0.555. The molecule has 0 bridgehead atoms. The molecule has 1 unspecified atom stereocenters. The van der Waals surface area contributed by atoms with E-state index in [0.29, 0.717) is 31.1 Å². The number of carbonyl (C=O) groups is 1. The van der Waals surface area contributed by atoms with Crippen LogP contribution in [0.15, 0.2) is 21.5 Å². The number of alkyl halides is 1. The molecule has 3 aliphatic rings. The van der Waals surface area contributed by atoms with Crippen LogP contribution in [0.3, 0.4) is 0 Å². The van der Waals surface area contributed by atoms with Gasteiger partial charge in [0.2, 0.25) is 5.88 Å². The number of benzene rings is 1. The molecule has 5 rings (SSSR count). The number of urea groups is 1. The highest BCUT2D eigenvalue weighted by molar-refractivity contribution is 7.91. The maximum atomic E-state index is 14.0. The van der Waals surface area contributed by atoms with E-state index in [-0.39, 0.29) is 17.2 Å². The molecule has 3 atom stereocenters. The summed E-state index contributed by atoms with van der Waals surface area (Å²) in [6.45, 7) is 3.08. The van der Waals surface area contributed by atoms with Gasteiger partial charge in [-0.3, -0.25) is 0 Å². The number of hydrogen-bond donors (Lipinski definition) is 2. The molecule has 1 aliphatic heterocycles. The second-order valence-electron chi connectivity index (χ2n) is 8.39. The number of amides is 2. The van der Waals surface area contributed by atoms with E-state index >= 15 is 0 Å². The predicted octanol–water partition coefficient (Wildman–Crippen LogP) is 2.77. The number of nitrogens with two attached hydrogens (primary N) is 1. The molecule has 2 aliphatic carbocycles. The van der Waals surface area contributed by atoms with Crippen molar-refractivity contribution in [3.8, 4) is 5.88 Å². The normalized spacial score (nSPS) is 23.7. The molecule has 0 spiro atoms. The van der Waals surface area contributed by atoms with Gasteiger partial charge in [-0.1, -0.05) is 13.0 Å². The highest BCUT2D eigenvalue weighted by atomic mass is 32.2. The number of hydrogen-bond acceptors (Lipinski definition) is 4. The molecule has 0 radical (unpaired) electrons. The van der Waals surface area contributed by atoms with Crippen molar-refractivity contribution in [2.75, 3.05) is 11.9 Å². The molecule has 2 aromatic rings. The van der Waals surface area contributed by atoms with Gasteiger partial charge in [0.1, 0.15) is 11.1 Å². The molecule has 0 fully saturated rings. The summed E-state index contributed by atoms with van der Waals surface area (Å²) in [5.41, 5.74) is 4.52. The minimum absolute atomic E-state index is 0.108. The minimum Gasteiger partial charge on any atom is -0.477 e. The van der Waals surface area contributed by atoms with Gasteiger partial charge in [-0.15, -0.1) is 4.36 Å². The molecule has 3 N–H and O–H groups in total. The van der Waals surface area contributed by atoms with Crippen LogP contribution in [0.5, 0.6) is 5.88 Å². The summed E-state index contributed by atoms with van der Waals surface area (Å²) in [7, 11) is -3.55. The monoisotopic (exact) mass is 433 g/mol. The number of aromatic nitrogens is 2. The van der Waals surface area contributed by atoms with Crippen LogP contribution in [0.4, 0.5) is 14.9 Å². The van der Waals surface area contributed by atoms with E-state index in [1.807, 2.05) is 6.92 Å². The van der Waals surface area contributed by atoms with Crippen molar-refractivity contribution in [2.45, 2.75) is 56.6 Å². The fraction of sp³-hybridized carbons (Fsp3) is 0.500. The molecule has 0 saturated carbocycles. The fourth-order valence-corrected chi connectivity index (χ4v) is 5.66. The summed E-state index contributed by atoms with van der Waals surface area (Å²) in [5, 5.41) is 12.9. The Kier molecular flexibility index (Phi) is 4.59. The third-order valence-electron chi connectivity index (χ3n) is 5.98. The Balaban J connectivity index is 1.47. The maximum absolute atomic E-state index is 14.0. The lowest BCUT2D eigenvalue weighted by Crippen LogP contribution is -2.25. The topological polar surface area (TPSA) is 112 Å². The first kappa shape index (κ1) is 19.5. The number of ether oxygens (including phenoxy) is 1. The first-order valence-corrected chi connectivity index (χ1v) is 11.7. The van der Waals surface area contributed by atoms with Gasteiger partial charge in [-0.05, 0) is 41.5 Å². The number of fused-ring (bicyclic) bond motifs is 3. The van der Waals surface area contributed by atoms with Crippen LogP contribution in [0.2, 0.25) is 0 Å². The summed E-state index contributed by atoms with van der Waals surface area (Å²) >= 11 is 0. The van der Waals surface area contributed by atoms with Crippen LogP contribution in [0.1, 0.15) is 35.6 Å². The van der Waals surface area contributed by atoms with Gasteiger partial charge in [0.15, 0.2) is 9.92 Å². The average molecular weight is 434 g/mol. The quantitative estimate of drug-likeness (QED) is 0.758. The van der Waals surface area contributed by atoms with Crippen molar-refractivity contribution < 1.29 is 18.1 Å². The standard InChI is InChI=1S/C20H24FN5O3S/c1-11-9-26-19(29-10-11)17(8-23-26)30(22,28)25-20(27)24-18-15-4-2-3-12(15)5-13-6-14(21)7-16(13)18/h5,8,11,14H,2-4,6-7,9-10H2,1H3,(H3,22,24,25,27,28)/t11-,14-,30?/m0/s1. The van der Waals surface area contributed by atoms with Crippen LogP contribution < -0.4 is 15.2 Å². The number of nitrogens with one attached hydrogen (secondary N) is 1. The summed E-state index contributed by atoms with van der Waals surface area (Å²) in [4.78, 5) is 12.8. The lowest BCUT2D eigenvalue weighted by molar-refractivity contribution is 0.171. The lowest BCUT2D eigenvalue weighted by Gasteiger charge is -2.21. The van der Waals surface area contributed by atoms with Gasteiger partial charge < -0.3 is 10.1 Å². The van der Waals surface area contributed by atoms with E-state index in [1.165, 1.54) is 6.20 Å². The molecule has 1 aromatic heterocycles. The van der Waals surface area contributed by atoms with Crippen molar-refractivity contribution >= 4 is 21.6 Å². The Morgan fingerprint density at radius 1 is 1.37 bits per heavy atom. The van der Waals surface area contributed by atoms with Gasteiger partial charge in [-0.2, -0.15) is 5.10 Å². The zero-order valence-corrected chi connectivity index (χ0v) is 17.5. The molecule has 30 heavy (non-hydrogen) atoms. The van der Waals surface area contributed by atoms with E-state index in [2.05, 4.69) is 20.8 Å². The molecule has 2 heterocycles. The Morgan fingerprint density at radius 2 is 2.20 bits per heavy atom. The maximum Gasteiger partial charge on any atom is 0.354 e. The highest BCUT2D eigenvalue weighted by Crippen LogP contribution is 2.39. The Bertz CT molecular complexity index is 1170. The van der Waals surface area contributed by atoms with E-state index in [1.54, 1.807) is 4.68 Å². The molecule has 160 valence electrons. The molecule has 0 saturated heterocycles. The first-order chi connectivity index (χ1) is 14.3. The molecular weight excluding hydrogens is 409 g/mol. The number of anilines is 1. The summed E-state index contributed by atoms with van der Waals surface area (Å²) in [6, 6.07) is 1.25. The number of halogens is 1. The highest BCUT2D eigenvalue weighted by Gasteiger charge is 2.30. The Morgan fingerprint density at radius 3 is 3.03 bits per heavy atom. The van der Waals surface area contributed by atoms with Gasteiger partial charge in [0.05, 0.1) is 19.3 Å². The van der Waals surface area contributed by atoms with Crippen molar-refractivity contribution in [3.05, 3.63) is 34.5 Å². The fourth-order valence-electron chi connectivity index (χ4n) is 4.65. The molecule has 8 nitrogen and oxygen atoms in total.